The molecule has 0 saturated carbocycles. The molecule has 0 atom stereocenters. The largest absolute Gasteiger partial charge is 0.354 e. The fraction of sp³-hybridized carbons (Fsp3) is 0.600. The molecule has 1 aromatic heterocycles. The maximum atomic E-state index is 11.5. The van der Waals surface area contributed by atoms with Gasteiger partial charge in [-0.05, 0) is 6.92 Å². The Labute approximate surface area is 97.7 Å². The molecule has 1 N–H and O–H groups in total. The third-order valence-electron chi connectivity index (χ3n) is 2.73. The third-order valence-corrected chi connectivity index (χ3v) is 3.61. The molecule has 6 heteroatoms. The van der Waals surface area contributed by atoms with Crippen molar-refractivity contribution in [2.45, 2.75) is 13.5 Å². The molecule has 0 radical (unpaired) electrons. The van der Waals surface area contributed by atoms with Gasteiger partial charge in [0, 0.05) is 37.3 Å². The van der Waals surface area contributed by atoms with E-state index in [0.717, 1.165) is 18.8 Å². The van der Waals surface area contributed by atoms with Crippen LogP contribution in [0, 0.1) is 6.92 Å². The van der Waals surface area contributed by atoms with Crippen LogP contribution in [0.1, 0.15) is 5.69 Å². The smallest absolute Gasteiger partial charge is 0.307 e. The van der Waals surface area contributed by atoms with Gasteiger partial charge in [0.25, 0.3) is 0 Å². The Kier molecular flexibility index (Phi) is 3.40. The van der Waals surface area contributed by atoms with Gasteiger partial charge in [0.2, 0.25) is 5.91 Å². The van der Waals surface area contributed by atoms with Crippen molar-refractivity contribution in [1.82, 2.24) is 14.8 Å². The first-order valence-corrected chi connectivity index (χ1v) is 6.19. The number of rotatable bonds is 3. The van der Waals surface area contributed by atoms with E-state index < -0.39 is 0 Å². The summed E-state index contributed by atoms with van der Waals surface area (Å²) in [5, 5.41) is 4.65. The maximum absolute atomic E-state index is 11.5. The minimum atomic E-state index is 0.0700. The molecule has 1 fully saturated rings. The molecule has 0 spiro atoms. The summed E-state index contributed by atoms with van der Waals surface area (Å²) in [6.45, 7) is 5.37. The van der Waals surface area contributed by atoms with Gasteiger partial charge in [-0.25, -0.2) is 0 Å². The monoisotopic (exact) mass is 241 g/mol. The Bertz CT molecular complexity index is 438. The molecule has 88 valence electrons. The molecule has 2 heterocycles. The van der Waals surface area contributed by atoms with Crippen LogP contribution in [0.15, 0.2) is 10.2 Å². The predicted molar refractivity (Wildman–Crippen MR) is 62.8 cm³/mol. The van der Waals surface area contributed by atoms with Gasteiger partial charge >= 0.3 is 4.87 Å². The molecule has 1 aliphatic rings. The van der Waals surface area contributed by atoms with Crippen molar-refractivity contribution in [2.24, 2.45) is 0 Å². The Balaban J connectivity index is 1.92. The van der Waals surface area contributed by atoms with E-state index in [-0.39, 0.29) is 10.8 Å². The van der Waals surface area contributed by atoms with Crippen LogP contribution in [0.25, 0.3) is 0 Å². The number of hydrogen-bond acceptors (Lipinski definition) is 4. The summed E-state index contributed by atoms with van der Waals surface area (Å²) in [6.07, 6.45) is 0. The van der Waals surface area contributed by atoms with Crippen LogP contribution in [-0.4, -0.2) is 41.6 Å². The summed E-state index contributed by atoms with van der Waals surface area (Å²) in [5.41, 5.74) is 0.997. The SMILES string of the molecule is Cc1csc(=O)n1CCN1CCNC(=O)C1. The Morgan fingerprint density at radius 2 is 2.25 bits per heavy atom. The lowest BCUT2D eigenvalue weighted by atomic mass is 10.3. The highest BCUT2D eigenvalue weighted by molar-refractivity contribution is 7.07. The van der Waals surface area contributed by atoms with E-state index in [2.05, 4.69) is 10.2 Å². The fourth-order valence-corrected chi connectivity index (χ4v) is 2.56. The fourth-order valence-electron chi connectivity index (χ4n) is 1.80. The number of nitrogens with zero attached hydrogens (tertiary/aromatic N) is 2. The molecule has 16 heavy (non-hydrogen) atoms. The second-order valence-electron chi connectivity index (χ2n) is 3.92. The van der Waals surface area contributed by atoms with Crippen molar-refractivity contribution in [3.05, 3.63) is 20.7 Å². The topological polar surface area (TPSA) is 54.3 Å². The summed E-state index contributed by atoms with van der Waals surface area (Å²) >= 11 is 1.23. The van der Waals surface area contributed by atoms with Crippen LogP contribution < -0.4 is 10.2 Å². The molecule has 1 aliphatic heterocycles. The van der Waals surface area contributed by atoms with E-state index in [0.29, 0.717) is 19.6 Å². The summed E-state index contributed by atoms with van der Waals surface area (Å²) in [5.74, 6) is 0.0700. The van der Waals surface area contributed by atoms with Crippen molar-refractivity contribution in [3.8, 4) is 0 Å². The maximum Gasteiger partial charge on any atom is 0.307 e. The molecule has 5 nitrogen and oxygen atoms in total. The van der Waals surface area contributed by atoms with Crippen LogP contribution >= 0.6 is 11.3 Å². The van der Waals surface area contributed by atoms with E-state index in [9.17, 15) is 9.59 Å². The van der Waals surface area contributed by atoms with Gasteiger partial charge < -0.3 is 9.88 Å². The number of aryl methyl sites for hydroxylation is 1. The Morgan fingerprint density at radius 1 is 1.44 bits per heavy atom. The van der Waals surface area contributed by atoms with E-state index >= 15 is 0 Å². The number of carbonyl (C=O) groups excluding carboxylic acids is 1. The lowest BCUT2D eigenvalue weighted by Gasteiger charge is -2.26. The Hall–Kier alpha value is -1.14. The highest BCUT2D eigenvalue weighted by Gasteiger charge is 2.15. The van der Waals surface area contributed by atoms with Gasteiger partial charge in [-0.1, -0.05) is 11.3 Å². The Morgan fingerprint density at radius 3 is 2.88 bits per heavy atom. The van der Waals surface area contributed by atoms with Gasteiger partial charge in [0.15, 0.2) is 0 Å². The van der Waals surface area contributed by atoms with Gasteiger partial charge in [0.05, 0.1) is 6.54 Å². The normalized spacial score (nSPS) is 17.4. The molecular formula is C10H15N3O2S. The molecule has 1 saturated heterocycles. The van der Waals surface area contributed by atoms with Crippen molar-refractivity contribution in [3.63, 3.8) is 0 Å². The number of thiazole rings is 1. The van der Waals surface area contributed by atoms with E-state index in [1.165, 1.54) is 11.3 Å². The number of nitrogens with one attached hydrogen (secondary N) is 1. The first kappa shape index (κ1) is 11.3. The zero-order valence-corrected chi connectivity index (χ0v) is 10.0. The van der Waals surface area contributed by atoms with Crippen molar-refractivity contribution < 1.29 is 4.79 Å². The quantitative estimate of drug-likeness (QED) is 0.787. The minimum absolute atomic E-state index is 0.0700. The zero-order valence-electron chi connectivity index (χ0n) is 9.23. The van der Waals surface area contributed by atoms with E-state index in [1.807, 2.05) is 12.3 Å². The van der Waals surface area contributed by atoms with Gasteiger partial charge in [0.1, 0.15) is 0 Å². The predicted octanol–water partition coefficient (Wildman–Crippen LogP) is -0.350. The first-order chi connectivity index (χ1) is 7.66. The van der Waals surface area contributed by atoms with E-state index in [4.69, 9.17) is 0 Å². The highest BCUT2D eigenvalue weighted by atomic mass is 32.1. The third kappa shape index (κ3) is 2.51. The van der Waals surface area contributed by atoms with Gasteiger partial charge in [-0.15, -0.1) is 0 Å². The number of hydrogen-bond donors (Lipinski definition) is 1. The number of carbonyl (C=O) groups is 1. The van der Waals surface area contributed by atoms with Gasteiger partial charge in [-0.3, -0.25) is 14.5 Å². The molecule has 0 unspecified atom stereocenters. The average molecular weight is 241 g/mol. The minimum Gasteiger partial charge on any atom is -0.354 e. The molecule has 2 rings (SSSR count). The second kappa shape index (κ2) is 4.80. The summed E-state index contributed by atoms with van der Waals surface area (Å²) in [7, 11) is 0. The first-order valence-electron chi connectivity index (χ1n) is 5.31. The highest BCUT2D eigenvalue weighted by Crippen LogP contribution is 2.01. The van der Waals surface area contributed by atoms with Gasteiger partial charge in [-0.2, -0.15) is 0 Å². The number of aromatic nitrogens is 1. The number of amides is 1. The molecule has 0 bridgehead atoms. The average Bonchev–Trinajstić information content (AvgIpc) is 2.56. The van der Waals surface area contributed by atoms with Crippen molar-refractivity contribution >= 4 is 17.2 Å². The molecule has 1 aromatic rings. The standard InChI is InChI=1S/C10H15N3O2S/c1-8-7-16-10(15)13(8)5-4-12-3-2-11-9(14)6-12/h7H,2-6H2,1H3,(H,11,14). The van der Waals surface area contributed by atoms with Crippen molar-refractivity contribution in [1.29, 1.82) is 0 Å². The molecule has 0 aromatic carbocycles. The van der Waals surface area contributed by atoms with Crippen LogP contribution in [0.2, 0.25) is 0 Å². The summed E-state index contributed by atoms with van der Waals surface area (Å²) < 4.78 is 1.76. The van der Waals surface area contributed by atoms with Crippen LogP contribution in [0.5, 0.6) is 0 Å². The van der Waals surface area contributed by atoms with Crippen LogP contribution in [0.4, 0.5) is 0 Å². The summed E-state index contributed by atoms with van der Waals surface area (Å²) in [4.78, 5) is 24.8. The van der Waals surface area contributed by atoms with Crippen LogP contribution in [-0.2, 0) is 11.3 Å². The zero-order chi connectivity index (χ0) is 11.5. The summed E-state index contributed by atoms with van der Waals surface area (Å²) in [6, 6.07) is 0. The lowest BCUT2D eigenvalue weighted by molar-refractivity contribution is -0.124. The molecule has 1 amide bonds. The van der Waals surface area contributed by atoms with E-state index in [1.54, 1.807) is 4.57 Å². The number of piperazine rings is 1. The molecular weight excluding hydrogens is 226 g/mol. The van der Waals surface area contributed by atoms with Crippen LogP contribution in [0.3, 0.4) is 0 Å². The second-order valence-corrected chi connectivity index (χ2v) is 4.74. The molecule has 0 aliphatic carbocycles. The van der Waals surface area contributed by atoms with Crippen molar-refractivity contribution in [2.75, 3.05) is 26.2 Å². The lowest BCUT2D eigenvalue weighted by Crippen LogP contribution is -2.48.